The van der Waals surface area contributed by atoms with Gasteiger partial charge in [0.15, 0.2) is 0 Å². The molecule has 2 rings (SSSR count). The van der Waals surface area contributed by atoms with E-state index in [1.807, 2.05) is 11.8 Å². The van der Waals surface area contributed by atoms with Crippen LogP contribution in [-0.4, -0.2) is 42.8 Å². The fourth-order valence-electron chi connectivity index (χ4n) is 2.79. The first-order valence-electron chi connectivity index (χ1n) is 6.22. The molecule has 2 aliphatic rings. The number of thioether (sulfide) groups is 1. The van der Waals surface area contributed by atoms with E-state index in [9.17, 15) is 4.79 Å². The van der Waals surface area contributed by atoms with Crippen LogP contribution in [0.25, 0.3) is 0 Å². The summed E-state index contributed by atoms with van der Waals surface area (Å²) in [4.78, 5) is 11.5. The first kappa shape index (κ1) is 13.2. The zero-order chi connectivity index (χ0) is 12.3. The number of esters is 1. The van der Waals surface area contributed by atoms with Crippen LogP contribution in [0.2, 0.25) is 0 Å². The zero-order valence-corrected chi connectivity index (χ0v) is 11.1. The Morgan fingerprint density at radius 2 is 2.24 bits per heavy atom. The van der Waals surface area contributed by atoms with E-state index in [0.717, 1.165) is 43.8 Å². The quantitative estimate of drug-likeness (QED) is 0.755. The van der Waals surface area contributed by atoms with E-state index in [0.29, 0.717) is 0 Å². The molecule has 98 valence electrons. The lowest BCUT2D eigenvalue weighted by Crippen LogP contribution is -2.49. The van der Waals surface area contributed by atoms with Crippen LogP contribution in [0.1, 0.15) is 25.7 Å². The molecule has 2 atom stereocenters. The minimum absolute atomic E-state index is 0.0141. The van der Waals surface area contributed by atoms with Crippen molar-refractivity contribution < 1.29 is 14.3 Å². The van der Waals surface area contributed by atoms with Crippen LogP contribution in [0.3, 0.4) is 0 Å². The Morgan fingerprint density at radius 1 is 1.53 bits per heavy atom. The lowest BCUT2D eigenvalue weighted by molar-refractivity contribution is -0.148. The molecule has 0 aliphatic carbocycles. The second-order valence-electron chi connectivity index (χ2n) is 4.95. The highest BCUT2D eigenvalue weighted by Crippen LogP contribution is 2.40. The minimum atomic E-state index is -0.490. The van der Waals surface area contributed by atoms with Gasteiger partial charge in [0.2, 0.25) is 0 Å². The molecule has 4 nitrogen and oxygen atoms in total. The predicted molar refractivity (Wildman–Crippen MR) is 68.0 cm³/mol. The van der Waals surface area contributed by atoms with Crippen molar-refractivity contribution in [2.75, 3.05) is 25.2 Å². The van der Waals surface area contributed by atoms with Gasteiger partial charge >= 0.3 is 5.97 Å². The average molecular weight is 259 g/mol. The Hall–Kier alpha value is -0.260. The molecule has 0 radical (unpaired) electrons. The molecule has 2 unspecified atom stereocenters. The van der Waals surface area contributed by atoms with Crippen molar-refractivity contribution in [3.05, 3.63) is 0 Å². The molecule has 2 saturated heterocycles. The molecule has 0 aromatic rings. The molecule has 0 aromatic heterocycles. The van der Waals surface area contributed by atoms with Crippen molar-refractivity contribution in [3.8, 4) is 0 Å². The van der Waals surface area contributed by atoms with Crippen molar-refractivity contribution in [1.82, 2.24) is 0 Å². The Morgan fingerprint density at radius 3 is 2.88 bits per heavy atom. The van der Waals surface area contributed by atoms with Gasteiger partial charge in [-0.25, -0.2) is 0 Å². The molecule has 2 fully saturated rings. The molecule has 2 N–H and O–H groups in total. The fraction of sp³-hybridized carbons (Fsp3) is 0.917. The normalized spacial score (nSPS) is 29.9. The standard InChI is InChI=1S/C12H21NO3S/c1-15-11(14)10(13)9-2-5-16-12(8-9)3-6-17-7-4-12/h9-10H,2-8,13H2,1H3. The zero-order valence-electron chi connectivity index (χ0n) is 10.3. The number of nitrogens with two attached hydrogens (primary N) is 1. The van der Waals surface area contributed by atoms with Gasteiger partial charge in [-0.15, -0.1) is 0 Å². The third-order valence-corrected chi connectivity index (χ3v) is 4.90. The van der Waals surface area contributed by atoms with Crippen molar-refractivity contribution in [3.63, 3.8) is 0 Å². The molecule has 0 saturated carbocycles. The first-order valence-corrected chi connectivity index (χ1v) is 7.37. The SMILES string of the molecule is COC(=O)C(N)C1CCOC2(CCSCC2)C1. The van der Waals surface area contributed by atoms with Crippen LogP contribution in [-0.2, 0) is 14.3 Å². The van der Waals surface area contributed by atoms with Gasteiger partial charge in [-0.2, -0.15) is 11.8 Å². The number of carbonyl (C=O) groups is 1. The summed E-state index contributed by atoms with van der Waals surface area (Å²) >= 11 is 1.98. The maximum atomic E-state index is 11.5. The molecule has 1 spiro atoms. The molecule has 0 amide bonds. The van der Waals surface area contributed by atoms with E-state index < -0.39 is 6.04 Å². The molecule has 2 heterocycles. The summed E-state index contributed by atoms with van der Waals surface area (Å²) in [6.45, 7) is 0.722. The third-order valence-electron chi connectivity index (χ3n) is 3.92. The highest BCUT2D eigenvalue weighted by atomic mass is 32.2. The smallest absolute Gasteiger partial charge is 0.322 e. The van der Waals surface area contributed by atoms with Crippen LogP contribution < -0.4 is 5.73 Å². The topological polar surface area (TPSA) is 61.5 Å². The second-order valence-corrected chi connectivity index (χ2v) is 6.17. The minimum Gasteiger partial charge on any atom is -0.468 e. The van der Waals surface area contributed by atoms with E-state index in [2.05, 4.69) is 0 Å². The number of hydrogen-bond donors (Lipinski definition) is 1. The largest absolute Gasteiger partial charge is 0.468 e. The first-order chi connectivity index (χ1) is 8.17. The molecule has 5 heteroatoms. The lowest BCUT2D eigenvalue weighted by atomic mass is 9.79. The maximum absolute atomic E-state index is 11.5. The van der Waals surface area contributed by atoms with Crippen molar-refractivity contribution in [2.24, 2.45) is 11.7 Å². The molecule has 2 aliphatic heterocycles. The van der Waals surface area contributed by atoms with Gasteiger partial charge in [0, 0.05) is 6.61 Å². The van der Waals surface area contributed by atoms with Gasteiger partial charge in [-0.1, -0.05) is 0 Å². The van der Waals surface area contributed by atoms with Crippen LogP contribution in [0, 0.1) is 5.92 Å². The van der Waals surface area contributed by atoms with Crippen LogP contribution in [0.15, 0.2) is 0 Å². The van der Waals surface area contributed by atoms with Crippen LogP contribution >= 0.6 is 11.8 Å². The Bertz CT molecular complexity index is 273. The summed E-state index contributed by atoms with van der Waals surface area (Å²) in [5.74, 6) is 2.22. The summed E-state index contributed by atoms with van der Waals surface area (Å²) < 4.78 is 10.7. The maximum Gasteiger partial charge on any atom is 0.322 e. The van der Waals surface area contributed by atoms with Crippen LogP contribution in [0.4, 0.5) is 0 Å². The molecular weight excluding hydrogens is 238 g/mol. The number of hydrogen-bond acceptors (Lipinski definition) is 5. The van der Waals surface area contributed by atoms with E-state index in [4.69, 9.17) is 15.2 Å². The van der Waals surface area contributed by atoms with Gasteiger partial charge in [0.05, 0.1) is 12.7 Å². The summed E-state index contributed by atoms with van der Waals surface area (Å²) in [5, 5.41) is 0. The van der Waals surface area contributed by atoms with Crippen LogP contribution in [0.5, 0.6) is 0 Å². The van der Waals surface area contributed by atoms with E-state index in [1.165, 1.54) is 7.11 Å². The fourth-order valence-corrected chi connectivity index (χ4v) is 4.03. The van der Waals surface area contributed by atoms with E-state index >= 15 is 0 Å². The summed E-state index contributed by atoms with van der Waals surface area (Å²) in [5.41, 5.74) is 5.94. The third kappa shape index (κ3) is 2.95. The number of ether oxygens (including phenoxy) is 2. The molecule has 17 heavy (non-hydrogen) atoms. The summed E-state index contributed by atoms with van der Waals surface area (Å²) in [6.07, 6.45) is 3.94. The predicted octanol–water partition coefficient (Wildman–Crippen LogP) is 1.18. The number of methoxy groups -OCH3 is 1. The highest BCUT2D eigenvalue weighted by Gasteiger charge is 2.41. The summed E-state index contributed by atoms with van der Waals surface area (Å²) in [7, 11) is 1.40. The van der Waals surface area contributed by atoms with Crippen molar-refractivity contribution >= 4 is 17.7 Å². The average Bonchev–Trinajstić information content (AvgIpc) is 2.38. The van der Waals surface area contributed by atoms with Gasteiger partial charge in [0.1, 0.15) is 6.04 Å². The van der Waals surface area contributed by atoms with Gasteiger partial charge < -0.3 is 15.2 Å². The highest BCUT2D eigenvalue weighted by molar-refractivity contribution is 7.99. The lowest BCUT2D eigenvalue weighted by Gasteiger charge is -2.44. The summed E-state index contributed by atoms with van der Waals surface area (Å²) in [6, 6.07) is -0.490. The van der Waals surface area contributed by atoms with Crippen molar-refractivity contribution in [1.29, 1.82) is 0 Å². The second kappa shape index (κ2) is 5.59. The monoisotopic (exact) mass is 259 g/mol. The van der Waals surface area contributed by atoms with E-state index in [-0.39, 0.29) is 17.5 Å². The van der Waals surface area contributed by atoms with Gasteiger partial charge in [-0.05, 0) is 43.1 Å². The molecular formula is C12H21NO3S. The van der Waals surface area contributed by atoms with E-state index in [1.54, 1.807) is 0 Å². The van der Waals surface area contributed by atoms with Gasteiger partial charge in [0.25, 0.3) is 0 Å². The molecule has 0 bridgehead atoms. The Balaban J connectivity index is 1.98. The number of carbonyl (C=O) groups excluding carboxylic acids is 1. The van der Waals surface area contributed by atoms with Crippen molar-refractivity contribution in [2.45, 2.75) is 37.3 Å². The Labute approximate surface area is 107 Å². The number of rotatable bonds is 2. The van der Waals surface area contributed by atoms with Gasteiger partial charge in [-0.3, -0.25) is 4.79 Å². The molecule has 0 aromatic carbocycles. The Kier molecular flexibility index (Phi) is 4.33.